The second kappa shape index (κ2) is 6.06. The average molecular weight is 263 g/mol. The second-order valence-corrected chi connectivity index (χ2v) is 5.18. The summed E-state index contributed by atoms with van der Waals surface area (Å²) in [5.41, 5.74) is -0.738. The minimum atomic E-state index is -0.738. The van der Waals surface area contributed by atoms with E-state index in [0.717, 1.165) is 25.1 Å². The molecule has 0 amide bonds. The molecule has 1 heterocycles. The van der Waals surface area contributed by atoms with Gasteiger partial charge in [0.2, 0.25) is 0 Å². The molecule has 4 heteroatoms. The van der Waals surface area contributed by atoms with E-state index in [1.54, 1.807) is 0 Å². The van der Waals surface area contributed by atoms with Crippen LogP contribution < -0.4 is 4.74 Å². The van der Waals surface area contributed by atoms with Crippen molar-refractivity contribution in [3.63, 3.8) is 0 Å². The number of carboxylic acid groups (broad SMARTS) is 1. The molecule has 0 spiro atoms. The topological polar surface area (TPSA) is 49.8 Å². The third kappa shape index (κ3) is 3.26. The number of ether oxygens (including phenoxy) is 1. The van der Waals surface area contributed by atoms with Gasteiger partial charge in [-0.1, -0.05) is 18.2 Å². The number of likely N-dealkylation sites (tertiary alicyclic amines) is 1. The second-order valence-electron chi connectivity index (χ2n) is 5.18. The van der Waals surface area contributed by atoms with E-state index in [-0.39, 0.29) is 0 Å². The van der Waals surface area contributed by atoms with Crippen LogP contribution in [0, 0.1) is 0 Å². The molecule has 0 aromatic heterocycles. The Labute approximate surface area is 114 Å². The molecule has 0 saturated carbocycles. The van der Waals surface area contributed by atoms with Crippen molar-refractivity contribution in [1.82, 2.24) is 4.90 Å². The first-order valence-corrected chi connectivity index (χ1v) is 6.79. The molecular formula is C15H21NO3. The summed E-state index contributed by atoms with van der Waals surface area (Å²) in [5, 5.41) is 9.40. The van der Waals surface area contributed by atoms with Crippen molar-refractivity contribution in [2.24, 2.45) is 0 Å². The van der Waals surface area contributed by atoms with Gasteiger partial charge in [0.1, 0.15) is 17.9 Å². The molecule has 4 nitrogen and oxygen atoms in total. The smallest absolute Gasteiger partial charge is 0.323 e. The highest BCUT2D eigenvalue weighted by atomic mass is 16.5. The molecule has 2 rings (SSSR count). The molecular weight excluding hydrogens is 242 g/mol. The molecule has 0 aliphatic carbocycles. The maximum absolute atomic E-state index is 11.4. The fraction of sp³-hybridized carbons (Fsp3) is 0.533. The van der Waals surface area contributed by atoms with Gasteiger partial charge in [-0.15, -0.1) is 0 Å². The molecule has 1 fully saturated rings. The number of hydrogen-bond acceptors (Lipinski definition) is 3. The quantitative estimate of drug-likeness (QED) is 0.886. The Hall–Kier alpha value is -1.55. The van der Waals surface area contributed by atoms with Crippen LogP contribution in [-0.4, -0.2) is 41.2 Å². The van der Waals surface area contributed by atoms with Crippen LogP contribution in [0.2, 0.25) is 0 Å². The van der Waals surface area contributed by atoms with E-state index >= 15 is 0 Å². The molecule has 1 N–H and O–H groups in total. The van der Waals surface area contributed by atoms with E-state index in [1.807, 2.05) is 42.2 Å². The zero-order chi connectivity index (χ0) is 13.7. The highest BCUT2D eigenvalue weighted by Crippen LogP contribution is 2.27. The number of nitrogens with zero attached hydrogens (tertiary/aromatic N) is 1. The van der Waals surface area contributed by atoms with Crippen molar-refractivity contribution in [3.05, 3.63) is 30.3 Å². The number of aliphatic carboxylic acids is 1. The number of para-hydroxylation sites is 1. The lowest BCUT2D eigenvalue weighted by Gasteiger charge is -2.41. The number of rotatable bonds is 5. The van der Waals surface area contributed by atoms with Crippen molar-refractivity contribution in [2.75, 3.05) is 19.7 Å². The molecule has 104 valence electrons. The molecule has 1 aromatic rings. The van der Waals surface area contributed by atoms with E-state index in [1.165, 1.54) is 0 Å². The first-order chi connectivity index (χ1) is 9.13. The van der Waals surface area contributed by atoms with Crippen LogP contribution in [0.25, 0.3) is 0 Å². The number of carbonyl (C=O) groups is 1. The van der Waals surface area contributed by atoms with Gasteiger partial charge in [0.15, 0.2) is 0 Å². The zero-order valence-corrected chi connectivity index (χ0v) is 11.3. The lowest BCUT2D eigenvalue weighted by molar-refractivity contribution is -0.153. The molecule has 1 atom stereocenters. The number of carboxylic acids is 1. The summed E-state index contributed by atoms with van der Waals surface area (Å²) in [6.07, 6.45) is 2.76. The number of benzene rings is 1. The Bertz CT molecular complexity index is 421. The van der Waals surface area contributed by atoms with Gasteiger partial charge in [0.05, 0.1) is 0 Å². The predicted molar refractivity (Wildman–Crippen MR) is 73.4 cm³/mol. The predicted octanol–water partition coefficient (Wildman–Crippen LogP) is 2.39. The van der Waals surface area contributed by atoms with Crippen LogP contribution in [0.15, 0.2) is 30.3 Å². The van der Waals surface area contributed by atoms with E-state index in [0.29, 0.717) is 19.6 Å². The Balaban J connectivity index is 1.88. The third-order valence-electron chi connectivity index (χ3n) is 3.87. The standard InChI is InChI=1S/C15H21NO3/c1-15(14(17)18)9-5-6-10-16(15)11-12-19-13-7-3-2-4-8-13/h2-4,7-8H,5-6,9-12H2,1H3,(H,17,18). The Kier molecular flexibility index (Phi) is 4.43. The summed E-state index contributed by atoms with van der Waals surface area (Å²) < 4.78 is 5.65. The van der Waals surface area contributed by atoms with E-state index in [2.05, 4.69) is 0 Å². The average Bonchev–Trinajstić information content (AvgIpc) is 2.42. The summed E-state index contributed by atoms with van der Waals surface area (Å²) in [6, 6.07) is 9.62. The molecule has 1 unspecified atom stereocenters. The minimum absolute atomic E-state index is 0.521. The summed E-state index contributed by atoms with van der Waals surface area (Å²) in [5.74, 6) is 0.100. The minimum Gasteiger partial charge on any atom is -0.492 e. The largest absolute Gasteiger partial charge is 0.492 e. The van der Waals surface area contributed by atoms with Crippen LogP contribution >= 0.6 is 0 Å². The van der Waals surface area contributed by atoms with E-state index < -0.39 is 11.5 Å². The van der Waals surface area contributed by atoms with Gasteiger partial charge in [0.25, 0.3) is 0 Å². The van der Waals surface area contributed by atoms with E-state index in [4.69, 9.17) is 4.74 Å². The SMILES string of the molecule is CC1(C(=O)O)CCCCN1CCOc1ccccc1. The Morgan fingerprint density at radius 3 is 2.79 bits per heavy atom. The monoisotopic (exact) mass is 263 g/mol. The first-order valence-electron chi connectivity index (χ1n) is 6.79. The molecule has 1 aliphatic heterocycles. The van der Waals surface area contributed by atoms with Crippen LogP contribution in [0.4, 0.5) is 0 Å². The van der Waals surface area contributed by atoms with Crippen molar-refractivity contribution >= 4 is 5.97 Å². The third-order valence-corrected chi connectivity index (χ3v) is 3.87. The first kappa shape index (κ1) is 13.9. The molecule has 1 aliphatic rings. The van der Waals surface area contributed by atoms with Gasteiger partial charge in [0, 0.05) is 6.54 Å². The van der Waals surface area contributed by atoms with Gasteiger partial charge in [-0.2, -0.15) is 0 Å². The van der Waals surface area contributed by atoms with Gasteiger partial charge in [-0.3, -0.25) is 9.69 Å². The van der Waals surface area contributed by atoms with E-state index in [9.17, 15) is 9.90 Å². The summed E-state index contributed by atoms with van der Waals surface area (Å²) in [6.45, 7) is 3.82. The molecule has 0 radical (unpaired) electrons. The highest BCUT2D eigenvalue weighted by molar-refractivity contribution is 5.78. The van der Waals surface area contributed by atoms with Gasteiger partial charge < -0.3 is 9.84 Å². The highest BCUT2D eigenvalue weighted by Gasteiger charge is 2.40. The maximum atomic E-state index is 11.4. The zero-order valence-electron chi connectivity index (χ0n) is 11.3. The van der Waals surface area contributed by atoms with Gasteiger partial charge in [-0.05, 0) is 44.9 Å². The fourth-order valence-electron chi connectivity index (χ4n) is 2.57. The summed E-state index contributed by atoms with van der Waals surface area (Å²) in [7, 11) is 0. The van der Waals surface area contributed by atoms with Gasteiger partial charge in [-0.25, -0.2) is 0 Å². The van der Waals surface area contributed by atoms with Crippen molar-refractivity contribution in [1.29, 1.82) is 0 Å². The van der Waals surface area contributed by atoms with Crippen LogP contribution in [0.5, 0.6) is 5.75 Å². The molecule has 1 saturated heterocycles. The summed E-state index contributed by atoms with van der Waals surface area (Å²) in [4.78, 5) is 13.5. The molecule has 19 heavy (non-hydrogen) atoms. The lowest BCUT2D eigenvalue weighted by atomic mass is 9.88. The van der Waals surface area contributed by atoms with Crippen LogP contribution in [-0.2, 0) is 4.79 Å². The maximum Gasteiger partial charge on any atom is 0.323 e. The van der Waals surface area contributed by atoms with Gasteiger partial charge >= 0.3 is 5.97 Å². The van der Waals surface area contributed by atoms with Crippen molar-refractivity contribution in [2.45, 2.75) is 31.7 Å². The van der Waals surface area contributed by atoms with Crippen LogP contribution in [0.3, 0.4) is 0 Å². The van der Waals surface area contributed by atoms with Crippen molar-refractivity contribution in [3.8, 4) is 5.75 Å². The Morgan fingerprint density at radius 1 is 1.37 bits per heavy atom. The summed E-state index contributed by atoms with van der Waals surface area (Å²) >= 11 is 0. The normalized spacial score (nSPS) is 24.1. The molecule has 1 aromatic carbocycles. The molecule has 0 bridgehead atoms. The van der Waals surface area contributed by atoms with Crippen LogP contribution in [0.1, 0.15) is 26.2 Å². The fourth-order valence-corrected chi connectivity index (χ4v) is 2.57. The number of piperidine rings is 1. The number of hydrogen-bond donors (Lipinski definition) is 1. The van der Waals surface area contributed by atoms with Crippen molar-refractivity contribution < 1.29 is 14.6 Å². The lowest BCUT2D eigenvalue weighted by Crippen LogP contribution is -2.56. The Morgan fingerprint density at radius 2 is 2.11 bits per heavy atom.